The predicted molar refractivity (Wildman–Crippen MR) is 116 cm³/mol. The first kappa shape index (κ1) is 19.3. The molecule has 0 saturated heterocycles. The Bertz CT molecular complexity index is 1080. The minimum atomic E-state index is -0.441. The van der Waals surface area contributed by atoms with Crippen LogP contribution in [0.4, 0.5) is 5.95 Å². The molecular formula is C21H21BrN6O. The average molecular weight is 453 g/mol. The summed E-state index contributed by atoms with van der Waals surface area (Å²) in [6, 6.07) is 11.2. The molecule has 0 unspecified atom stereocenters. The van der Waals surface area contributed by atoms with Gasteiger partial charge in [-0.15, -0.1) is 10.2 Å². The highest BCUT2D eigenvalue weighted by molar-refractivity contribution is 9.11. The molecule has 0 radical (unpaired) electrons. The Hall–Kier alpha value is -3.00. The maximum Gasteiger partial charge on any atom is 0.248 e. The monoisotopic (exact) mass is 452 g/mol. The van der Waals surface area contributed by atoms with E-state index in [1.54, 1.807) is 18.5 Å². The van der Waals surface area contributed by atoms with Gasteiger partial charge in [-0.25, -0.2) is 0 Å². The van der Waals surface area contributed by atoms with E-state index in [1.165, 1.54) is 10.1 Å². The topological polar surface area (TPSA) is 89.9 Å². The smallest absolute Gasteiger partial charge is 0.248 e. The van der Waals surface area contributed by atoms with Gasteiger partial charge in [0.2, 0.25) is 11.9 Å². The zero-order valence-corrected chi connectivity index (χ0v) is 17.6. The summed E-state index contributed by atoms with van der Waals surface area (Å²) in [6.45, 7) is 4.28. The largest absolute Gasteiger partial charge is 0.366 e. The summed E-state index contributed by atoms with van der Waals surface area (Å²) in [5.41, 5.74) is 9.14. The summed E-state index contributed by atoms with van der Waals surface area (Å²) in [6.07, 6.45) is 4.48. The van der Waals surface area contributed by atoms with Crippen molar-refractivity contribution in [2.45, 2.75) is 19.9 Å². The lowest BCUT2D eigenvalue weighted by molar-refractivity contribution is 0.1000. The van der Waals surface area contributed by atoms with Gasteiger partial charge in [-0.2, -0.15) is 0 Å². The maximum atomic E-state index is 11.6. The number of nitrogens with zero attached hydrogens (tertiary/aromatic N) is 5. The van der Waals surface area contributed by atoms with Crippen molar-refractivity contribution in [3.8, 4) is 11.4 Å². The number of hydrogen-bond acceptors (Lipinski definition) is 5. The molecule has 0 fully saturated rings. The third kappa shape index (κ3) is 4.07. The molecule has 3 heterocycles. The van der Waals surface area contributed by atoms with Gasteiger partial charge in [-0.05, 0) is 43.2 Å². The van der Waals surface area contributed by atoms with E-state index in [0.29, 0.717) is 12.1 Å². The molecule has 1 amide bonds. The van der Waals surface area contributed by atoms with Gasteiger partial charge >= 0.3 is 0 Å². The highest BCUT2D eigenvalue weighted by Gasteiger charge is 2.23. The number of primary amides is 1. The third-order valence-electron chi connectivity index (χ3n) is 5.04. The SMILES string of the molecule is CC1=C(Br)CN(c2nnc(-c3cccnc3)n2Cc2cccc(C(N)=O)c2)CC1. The molecule has 0 aliphatic carbocycles. The summed E-state index contributed by atoms with van der Waals surface area (Å²) in [5, 5.41) is 8.97. The van der Waals surface area contributed by atoms with Crippen LogP contribution in [0.15, 0.2) is 58.8 Å². The zero-order valence-electron chi connectivity index (χ0n) is 16.0. The second-order valence-electron chi connectivity index (χ2n) is 7.07. The summed E-state index contributed by atoms with van der Waals surface area (Å²) in [5.74, 6) is 1.08. The van der Waals surface area contributed by atoms with Crippen molar-refractivity contribution in [3.05, 3.63) is 70.0 Å². The van der Waals surface area contributed by atoms with E-state index in [-0.39, 0.29) is 0 Å². The number of hydrogen-bond donors (Lipinski definition) is 1. The highest BCUT2D eigenvalue weighted by Crippen LogP contribution is 2.29. The minimum Gasteiger partial charge on any atom is -0.366 e. The molecule has 7 nitrogen and oxygen atoms in total. The summed E-state index contributed by atoms with van der Waals surface area (Å²) < 4.78 is 3.25. The van der Waals surface area contributed by atoms with Crippen LogP contribution in [0.2, 0.25) is 0 Å². The lowest BCUT2D eigenvalue weighted by Gasteiger charge is -2.29. The Kier molecular flexibility index (Phi) is 5.44. The Morgan fingerprint density at radius 3 is 2.83 bits per heavy atom. The number of amides is 1. The molecule has 0 bridgehead atoms. The van der Waals surface area contributed by atoms with Gasteiger partial charge in [0.25, 0.3) is 0 Å². The Morgan fingerprint density at radius 1 is 1.24 bits per heavy atom. The Labute approximate surface area is 177 Å². The number of benzene rings is 1. The van der Waals surface area contributed by atoms with Crippen LogP contribution in [0.3, 0.4) is 0 Å². The molecule has 8 heteroatoms. The van der Waals surface area contributed by atoms with Crippen molar-refractivity contribution in [1.29, 1.82) is 0 Å². The lowest BCUT2D eigenvalue weighted by Crippen LogP contribution is -2.32. The van der Waals surface area contributed by atoms with E-state index in [9.17, 15) is 4.79 Å². The van der Waals surface area contributed by atoms with E-state index < -0.39 is 5.91 Å². The van der Waals surface area contributed by atoms with Gasteiger partial charge in [0.1, 0.15) is 0 Å². The third-order valence-corrected chi connectivity index (χ3v) is 5.96. The van der Waals surface area contributed by atoms with Crippen molar-refractivity contribution in [2.75, 3.05) is 18.0 Å². The highest BCUT2D eigenvalue weighted by atomic mass is 79.9. The second-order valence-corrected chi connectivity index (χ2v) is 8.03. The van der Waals surface area contributed by atoms with Crippen molar-refractivity contribution < 1.29 is 4.79 Å². The van der Waals surface area contributed by atoms with Crippen LogP contribution in [0.25, 0.3) is 11.4 Å². The van der Waals surface area contributed by atoms with Gasteiger partial charge in [0.15, 0.2) is 5.82 Å². The summed E-state index contributed by atoms with van der Waals surface area (Å²) in [7, 11) is 0. The fraction of sp³-hybridized carbons (Fsp3) is 0.238. The van der Waals surface area contributed by atoms with Gasteiger partial charge < -0.3 is 10.6 Å². The predicted octanol–water partition coefficient (Wildman–Crippen LogP) is 3.37. The van der Waals surface area contributed by atoms with Crippen molar-refractivity contribution in [2.24, 2.45) is 5.73 Å². The summed E-state index contributed by atoms with van der Waals surface area (Å²) in [4.78, 5) is 18.0. The van der Waals surface area contributed by atoms with Crippen LogP contribution >= 0.6 is 15.9 Å². The van der Waals surface area contributed by atoms with Crippen LogP contribution < -0.4 is 10.6 Å². The summed E-state index contributed by atoms with van der Waals surface area (Å²) >= 11 is 3.68. The van der Waals surface area contributed by atoms with E-state index in [2.05, 4.69) is 47.5 Å². The molecule has 0 atom stereocenters. The first-order chi connectivity index (χ1) is 14.0. The second kappa shape index (κ2) is 8.16. The number of carbonyl (C=O) groups is 1. The molecule has 1 aliphatic heterocycles. The lowest BCUT2D eigenvalue weighted by atomic mass is 10.1. The average Bonchev–Trinajstić information content (AvgIpc) is 3.14. The van der Waals surface area contributed by atoms with Gasteiger partial charge in [-0.3, -0.25) is 14.3 Å². The standard InChI is InChI=1S/C21H21BrN6O/c1-14-7-9-27(13-18(14)22)21-26-25-20(17-6-3-8-24-11-17)28(21)12-15-4-2-5-16(10-15)19(23)29/h2-6,8,10-11H,7,9,12-13H2,1H3,(H2,23,29). The van der Waals surface area contributed by atoms with Crippen LogP contribution in [-0.4, -0.2) is 38.7 Å². The van der Waals surface area contributed by atoms with Crippen molar-refractivity contribution >= 4 is 27.8 Å². The van der Waals surface area contributed by atoms with Crippen LogP contribution in [0, 0.1) is 0 Å². The van der Waals surface area contributed by atoms with Crippen LogP contribution in [-0.2, 0) is 6.54 Å². The number of anilines is 1. The number of pyridine rings is 1. The molecule has 148 valence electrons. The quantitative estimate of drug-likeness (QED) is 0.640. The minimum absolute atomic E-state index is 0.441. The molecule has 2 N–H and O–H groups in total. The number of halogens is 1. The first-order valence-corrected chi connectivity index (χ1v) is 10.1. The zero-order chi connectivity index (χ0) is 20.4. The maximum absolute atomic E-state index is 11.6. The van der Waals surface area contributed by atoms with E-state index >= 15 is 0 Å². The number of rotatable bonds is 5. The fourth-order valence-electron chi connectivity index (χ4n) is 3.38. The fourth-order valence-corrected chi connectivity index (χ4v) is 3.88. The Morgan fingerprint density at radius 2 is 2.10 bits per heavy atom. The van der Waals surface area contributed by atoms with Gasteiger partial charge in [0.05, 0.1) is 13.1 Å². The molecule has 1 aliphatic rings. The van der Waals surface area contributed by atoms with Crippen LogP contribution in [0.5, 0.6) is 0 Å². The van der Waals surface area contributed by atoms with E-state index in [0.717, 1.165) is 42.4 Å². The molecule has 2 aromatic heterocycles. The molecule has 4 rings (SSSR count). The van der Waals surface area contributed by atoms with Crippen molar-refractivity contribution in [1.82, 2.24) is 19.7 Å². The number of nitrogens with two attached hydrogens (primary N) is 1. The first-order valence-electron chi connectivity index (χ1n) is 9.34. The molecule has 1 aromatic carbocycles. The molecule has 3 aromatic rings. The number of aromatic nitrogens is 4. The normalized spacial score (nSPS) is 14.3. The van der Waals surface area contributed by atoms with E-state index in [1.807, 2.05) is 30.3 Å². The molecule has 0 saturated carbocycles. The molecule has 0 spiro atoms. The Balaban J connectivity index is 1.76. The van der Waals surface area contributed by atoms with E-state index in [4.69, 9.17) is 5.73 Å². The number of carbonyl (C=O) groups excluding carboxylic acids is 1. The van der Waals surface area contributed by atoms with Crippen molar-refractivity contribution in [3.63, 3.8) is 0 Å². The molecule has 29 heavy (non-hydrogen) atoms. The van der Waals surface area contributed by atoms with Gasteiger partial charge in [0, 0.05) is 34.5 Å². The van der Waals surface area contributed by atoms with Crippen LogP contribution in [0.1, 0.15) is 29.3 Å². The molecular weight excluding hydrogens is 432 g/mol. The van der Waals surface area contributed by atoms with Gasteiger partial charge in [-0.1, -0.05) is 33.6 Å².